The van der Waals surface area contributed by atoms with Crippen LogP contribution in [0.5, 0.6) is 0 Å². The molecule has 1 aliphatic rings. The number of fused-ring (bicyclic) bond motifs is 1. The number of carbonyl (C=O) groups is 1. The maximum absolute atomic E-state index is 12.1. The Bertz CT molecular complexity index is 638. The van der Waals surface area contributed by atoms with Crippen molar-refractivity contribution >= 4 is 5.91 Å². The molecule has 0 radical (unpaired) electrons. The van der Waals surface area contributed by atoms with Crippen LogP contribution in [-0.4, -0.2) is 10.8 Å². The van der Waals surface area contributed by atoms with Gasteiger partial charge in [0.25, 0.3) is 0 Å². The highest BCUT2D eigenvalue weighted by Crippen LogP contribution is 2.39. The average molecular weight is 266 g/mol. The third-order valence-corrected chi connectivity index (χ3v) is 4.23. The number of carbonyl (C=O) groups excluding carboxylic acids is 1. The fourth-order valence-electron chi connectivity index (χ4n) is 2.97. The lowest BCUT2D eigenvalue weighted by atomic mass is 9.90. The first kappa shape index (κ1) is 12.9. The van der Waals surface area contributed by atoms with Crippen LogP contribution in [0, 0.1) is 0 Å². The number of hydrogen-bond acceptors (Lipinski definition) is 2. The predicted molar refractivity (Wildman–Crippen MR) is 78.7 cm³/mol. The summed E-state index contributed by atoms with van der Waals surface area (Å²) in [6.07, 6.45) is 0. The lowest BCUT2D eigenvalue weighted by Crippen LogP contribution is -2.48. The van der Waals surface area contributed by atoms with Gasteiger partial charge in [-0.1, -0.05) is 54.6 Å². The number of nitrogens with zero attached hydrogens (tertiary/aromatic N) is 1. The van der Waals surface area contributed by atoms with Crippen molar-refractivity contribution in [2.75, 3.05) is 0 Å². The van der Waals surface area contributed by atoms with Crippen LogP contribution in [0.15, 0.2) is 54.6 Å². The first-order chi connectivity index (χ1) is 9.62. The van der Waals surface area contributed by atoms with E-state index < -0.39 is 5.54 Å². The molecule has 0 aromatic heterocycles. The van der Waals surface area contributed by atoms with Gasteiger partial charge in [0.05, 0.1) is 0 Å². The SMILES string of the molecule is CC1(C(N)=O)c2ccccc2CN1Cc1ccccc1. The Morgan fingerprint density at radius 3 is 2.50 bits per heavy atom. The van der Waals surface area contributed by atoms with Crippen molar-refractivity contribution in [2.24, 2.45) is 5.73 Å². The van der Waals surface area contributed by atoms with Gasteiger partial charge in [-0.2, -0.15) is 0 Å². The summed E-state index contributed by atoms with van der Waals surface area (Å²) < 4.78 is 0. The predicted octanol–water partition coefficient (Wildman–Crippen LogP) is 2.40. The molecule has 3 rings (SSSR count). The fourth-order valence-corrected chi connectivity index (χ4v) is 2.97. The highest BCUT2D eigenvalue weighted by molar-refractivity contribution is 5.87. The van der Waals surface area contributed by atoms with Crippen LogP contribution in [0.25, 0.3) is 0 Å². The van der Waals surface area contributed by atoms with Crippen LogP contribution >= 0.6 is 0 Å². The van der Waals surface area contributed by atoms with E-state index in [0.29, 0.717) is 0 Å². The van der Waals surface area contributed by atoms with E-state index >= 15 is 0 Å². The van der Waals surface area contributed by atoms with Gasteiger partial charge >= 0.3 is 0 Å². The molecule has 102 valence electrons. The number of nitrogens with two attached hydrogens (primary N) is 1. The lowest BCUT2D eigenvalue weighted by molar-refractivity contribution is -0.129. The van der Waals surface area contributed by atoms with Gasteiger partial charge in [0, 0.05) is 13.1 Å². The molecule has 3 nitrogen and oxygen atoms in total. The Morgan fingerprint density at radius 2 is 1.80 bits per heavy atom. The van der Waals surface area contributed by atoms with Gasteiger partial charge in [-0.25, -0.2) is 0 Å². The molecule has 3 heteroatoms. The molecule has 20 heavy (non-hydrogen) atoms. The van der Waals surface area contributed by atoms with Crippen molar-refractivity contribution in [1.82, 2.24) is 4.90 Å². The summed E-state index contributed by atoms with van der Waals surface area (Å²) in [6.45, 7) is 3.39. The minimum absolute atomic E-state index is 0.293. The molecule has 0 bridgehead atoms. The third-order valence-electron chi connectivity index (χ3n) is 4.23. The zero-order chi connectivity index (χ0) is 14.2. The highest BCUT2D eigenvalue weighted by Gasteiger charge is 2.45. The lowest BCUT2D eigenvalue weighted by Gasteiger charge is -2.33. The van der Waals surface area contributed by atoms with Crippen molar-refractivity contribution in [2.45, 2.75) is 25.6 Å². The molecule has 1 amide bonds. The van der Waals surface area contributed by atoms with Gasteiger partial charge in [0.15, 0.2) is 0 Å². The van der Waals surface area contributed by atoms with Crippen molar-refractivity contribution in [3.63, 3.8) is 0 Å². The third kappa shape index (κ3) is 1.91. The Labute approximate surface area is 119 Å². The summed E-state index contributed by atoms with van der Waals surface area (Å²) in [5.41, 5.74) is 8.38. The standard InChI is InChI=1S/C17H18N2O/c1-17(16(18)20)15-10-6-5-9-14(15)12-19(17)11-13-7-3-2-4-8-13/h2-10H,11-12H2,1H3,(H2,18,20). The van der Waals surface area contributed by atoms with E-state index in [2.05, 4.69) is 23.1 Å². The van der Waals surface area contributed by atoms with Crippen LogP contribution in [0.1, 0.15) is 23.6 Å². The van der Waals surface area contributed by atoms with Crippen LogP contribution in [0.4, 0.5) is 0 Å². The number of amides is 1. The normalized spacial score (nSPS) is 21.6. The zero-order valence-corrected chi connectivity index (χ0v) is 11.5. The van der Waals surface area contributed by atoms with Gasteiger partial charge in [0.1, 0.15) is 5.54 Å². The number of primary amides is 1. The molecule has 0 saturated carbocycles. The molecule has 2 aromatic rings. The van der Waals surface area contributed by atoms with Crippen molar-refractivity contribution in [3.05, 3.63) is 71.3 Å². The molecule has 0 spiro atoms. The van der Waals surface area contributed by atoms with Crippen LogP contribution in [0.3, 0.4) is 0 Å². The molecular weight excluding hydrogens is 248 g/mol. The van der Waals surface area contributed by atoms with E-state index in [1.807, 2.05) is 43.3 Å². The van der Waals surface area contributed by atoms with Gasteiger partial charge < -0.3 is 5.73 Å². The van der Waals surface area contributed by atoms with Gasteiger partial charge in [-0.05, 0) is 23.6 Å². The van der Waals surface area contributed by atoms with E-state index in [9.17, 15) is 4.79 Å². The minimum Gasteiger partial charge on any atom is -0.368 e. The second-order valence-electron chi connectivity index (χ2n) is 5.44. The van der Waals surface area contributed by atoms with Crippen molar-refractivity contribution in [3.8, 4) is 0 Å². The largest absolute Gasteiger partial charge is 0.368 e. The van der Waals surface area contributed by atoms with Gasteiger partial charge in [-0.15, -0.1) is 0 Å². The summed E-state index contributed by atoms with van der Waals surface area (Å²) in [5, 5.41) is 0. The Morgan fingerprint density at radius 1 is 1.15 bits per heavy atom. The van der Waals surface area contributed by atoms with E-state index in [4.69, 9.17) is 5.73 Å². The van der Waals surface area contributed by atoms with Crippen LogP contribution in [-0.2, 0) is 23.4 Å². The minimum atomic E-state index is -0.730. The molecule has 0 saturated heterocycles. The summed E-state index contributed by atoms with van der Waals surface area (Å²) in [7, 11) is 0. The van der Waals surface area contributed by atoms with E-state index in [0.717, 1.165) is 18.7 Å². The van der Waals surface area contributed by atoms with Crippen molar-refractivity contribution < 1.29 is 4.79 Å². The molecule has 0 fully saturated rings. The summed E-state index contributed by atoms with van der Waals surface area (Å²) in [5.74, 6) is -0.293. The van der Waals surface area contributed by atoms with E-state index in [1.54, 1.807) is 0 Å². The first-order valence-corrected chi connectivity index (χ1v) is 6.79. The molecule has 2 N–H and O–H groups in total. The van der Waals surface area contributed by atoms with Crippen LogP contribution in [0.2, 0.25) is 0 Å². The van der Waals surface area contributed by atoms with Gasteiger partial charge in [-0.3, -0.25) is 9.69 Å². The van der Waals surface area contributed by atoms with Crippen molar-refractivity contribution in [1.29, 1.82) is 0 Å². The molecule has 2 aromatic carbocycles. The highest BCUT2D eigenvalue weighted by atomic mass is 16.1. The molecule has 1 unspecified atom stereocenters. The summed E-state index contributed by atoms with van der Waals surface area (Å²) in [4.78, 5) is 14.2. The summed E-state index contributed by atoms with van der Waals surface area (Å²) >= 11 is 0. The maximum Gasteiger partial charge on any atom is 0.242 e. The topological polar surface area (TPSA) is 46.3 Å². The molecule has 1 aliphatic heterocycles. The molecular formula is C17H18N2O. The Hall–Kier alpha value is -2.13. The van der Waals surface area contributed by atoms with Gasteiger partial charge in [0.2, 0.25) is 5.91 Å². The smallest absolute Gasteiger partial charge is 0.242 e. The quantitative estimate of drug-likeness (QED) is 0.927. The molecule has 1 heterocycles. The molecule has 0 aliphatic carbocycles. The number of hydrogen-bond donors (Lipinski definition) is 1. The number of rotatable bonds is 3. The average Bonchev–Trinajstić information content (AvgIpc) is 2.75. The maximum atomic E-state index is 12.1. The second-order valence-corrected chi connectivity index (χ2v) is 5.44. The number of benzene rings is 2. The molecule has 1 atom stereocenters. The zero-order valence-electron chi connectivity index (χ0n) is 11.5. The summed E-state index contributed by atoms with van der Waals surface area (Å²) in [6, 6.07) is 18.2. The Balaban J connectivity index is 1.99. The monoisotopic (exact) mass is 266 g/mol. The Kier molecular flexibility index (Phi) is 3.07. The second kappa shape index (κ2) is 4.76. The van der Waals surface area contributed by atoms with E-state index in [1.165, 1.54) is 11.1 Å². The van der Waals surface area contributed by atoms with Crippen LogP contribution < -0.4 is 5.73 Å². The first-order valence-electron chi connectivity index (χ1n) is 6.79. The van der Waals surface area contributed by atoms with E-state index in [-0.39, 0.29) is 5.91 Å². The fraction of sp³-hybridized carbons (Fsp3) is 0.235.